The van der Waals surface area contributed by atoms with Gasteiger partial charge in [-0.05, 0) is 9.81 Å². The van der Waals surface area contributed by atoms with E-state index in [4.69, 9.17) is 0 Å². The minimum absolute atomic E-state index is 0.304. The fourth-order valence-electron chi connectivity index (χ4n) is 2.12. The van der Waals surface area contributed by atoms with Crippen LogP contribution < -0.4 is 4.63 Å². The van der Waals surface area contributed by atoms with Crippen LogP contribution >= 0.6 is 0 Å². The number of H-pyrrole nitrogens is 2. The molecule has 0 aliphatic heterocycles. The molecule has 4 aromatic rings. The maximum atomic E-state index is 11.0. The first kappa shape index (κ1) is 9.16. The predicted octanol–water partition coefficient (Wildman–Crippen LogP) is 0.971. The van der Waals surface area contributed by atoms with Gasteiger partial charge in [-0.15, -0.1) is 10.1 Å². The van der Waals surface area contributed by atoms with E-state index in [0.717, 1.165) is 10.8 Å². The standard InChI is InChI=1S/C10H5N7O/c18-14-8-6-4-2-1-3-5(6)7-9(8)11-10-12-15-16-17(10)13-7/h1-4H,(H,11,12,13,16,18)/p+1. The van der Waals surface area contributed by atoms with Crippen molar-refractivity contribution >= 4 is 33.3 Å². The second-order valence-corrected chi connectivity index (χ2v) is 3.84. The number of hydrogen-bond acceptors (Lipinski definition) is 5. The van der Waals surface area contributed by atoms with Gasteiger partial charge in [0.2, 0.25) is 0 Å². The van der Waals surface area contributed by atoms with Crippen molar-refractivity contribution in [1.82, 2.24) is 25.6 Å². The van der Waals surface area contributed by atoms with E-state index in [-0.39, 0.29) is 0 Å². The van der Waals surface area contributed by atoms with Crippen LogP contribution in [-0.4, -0.2) is 25.6 Å². The third kappa shape index (κ3) is 0.986. The fraction of sp³-hybridized carbons (Fsp3) is 0. The maximum absolute atomic E-state index is 11.0. The van der Waals surface area contributed by atoms with Gasteiger partial charge in [-0.25, -0.2) is 0 Å². The number of hydrogen-bond donors (Lipinski definition) is 2. The van der Waals surface area contributed by atoms with Crippen molar-refractivity contribution in [3.8, 4) is 0 Å². The van der Waals surface area contributed by atoms with Gasteiger partial charge < -0.3 is 0 Å². The lowest BCUT2D eigenvalue weighted by Crippen LogP contribution is -2.29. The first-order chi connectivity index (χ1) is 8.88. The van der Waals surface area contributed by atoms with E-state index in [0.29, 0.717) is 22.5 Å². The van der Waals surface area contributed by atoms with Crippen molar-refractivity contribution < 1.29 is 4.63 Å². The molecule has 0 radical (unpaired) electrons. The minimum atomic E-state index is 0.304. The number of aromatic nitrogens is 6. The Kier molecular flexibility index (Phi) is 1.56. The number of aromatic amines is 2. The van der Waals surface area contributed by atoms with Gasteiger partial charge in [0.1, 0.15) is 5.52 Å². The molecule has 18 heavy (non-hydrogen) atoms. The molecule has 86 valence electrons. The Balaban J connectivity index is 2.36. The first-order valence-electron chi connectivity index (χ1n) is 5.25. The fourth-order valence-corrected chi connectivity index (χ4v) is 2.12. The average molecular weight is 240 g/mol. The van der Waals surface area contributed by atoms with Gasteiger partial charge in [0.15, 0.2) is 11.2 Å². The molecule has 0 fully saturated rings. The van der Waals surface area contributed by atoms with Gasteiger partial charge in [0, 0.05) is 10.8 Å². The van der Waals surface area contributed by atoms with Gasteiger partial charge in [-0.1, -0.05) is 39.6 Å². The third-order valence-electron chi connectivity index (χ3n) is 2.89. The molecule has 2 heterocycles. The Labute approximate surface area is 98.6 Å². The van der Waals surface area contributed by atoms with Gasteiger partial charge in [0.05, 0.1) is 5.10 Å². The predicted molar refractivity (Wildman–Crippen MR) is 62.2 cm³/mol. The van der Waals surface area contributed by atoms with Crippen LogP contribution in [0.4, 0.5) is 5.69 Å². The van der Waals surface area contributed by atoms with Gasteiger partial charge >= 0.3 is 5.78 Å². The summed E-state index contributed by atoms with van der Waals surface area (Å²) in [6.45, 7) is 0. The Bertz CT molecular complexity index is 906. The van der Waals surface area contributed by atoms with Gasteiger partial charge in [0.25, 0.3) is 0 Å². The van der Waals surface area contributed by atoms with Crippen molar-refractivity contribution in [1.29, 1.82) is 0 Å². The molecule has 0 saturated carbocycles. The van der Waals surface area contributed by atoms with Gasteiger partial charge in [-0.2, -0.15) is 0 Å². The zero-order chi connectivity index (χ0) is 12.1. The molecule has 0 bridgehead atoms. The van der Waals surface area contributed by atoms with Gasteiger partial charge in [-0.3, -0.25) is 0 Å². The molecule has 0 aliphatic rings. The first-order valence-corrected chi connectivity index (χ1v) is 5.25. The smallest absolute Gasteiger partial charge is 0.145 e. The summed E-state index contributed by atoms with van der Waals surface area (Å²) in [5.74, 6) is 0.350. The summed E-state index contributed by atoms with van der Waals surface area (Å²) in [7, 11) is 0. The molecular formula is C10H6N7O+. The van der Waals surface area contributed by atoms with E-state index in [1.165, 1.54) is 4.63 Å². The SMILES string of the molecule is O=Nc1c2ccccc2c2n[n+]3[nH][nH]nc3nc12. The molecule has 4 rings (SSSR count). The van der Waals surface area contributed by atoms with Crippen LogP contribution in [0.1, 0.15) is 0 Å². The lowest BCUT2D eigenvalue weighted by atomic mass is 10.2. The Morgan fingerprint density at radius 1 is 1.17 bits per heavy atom. The van der Waals surface area contributed by atoms with Crippen molar-refractivity contribution in [2.75, 3.05) is 0 Å². The van der Waals surface area contributed by atoms with E-state index in [2.05, 4.69) is 30.8 Å². The highest BCUT2D eigenvalue weighted by Crippen LogP contribution is 2.36. The molecule has 0 amide bonds. The highest BCUT2D eigenvalue weighted by molar-refractivity contribution is 6.17. The molecule has 0 spiro atoms. The molecule has 0 unspecified atom stereocenters. The number of nitrogens with zero attached hydrogens (tertiary/aromatic N) is 5. The number of tetrazole rings is 1. The normalized spacial score (nSPS) is 11.6. The molecule has 2 aromatic carbocycles. The number of rotatable bonds is 1. The zero-order valence-electron chi connectivity index (χ0n) is 8.95. The molecule has 2 aromatic heterocycles. The quantitative estimate of drug-likeness (QED) is 0.382. The van der Waals surface area contributed by atoms with E-state index >= 15 is 0 Å². The Morgan fingerprint density at radius 3 is 2.83 bits per heavy atom. The summed E-state index contributed by atoms with van der Waals surface area (Å²) in [4.78, 5) is 15.3. The van der Waals surface area contributed by atoms with Crippen LogP contribution in [0.3, 0.4) is 0 Å². The molecule has 0 saturated heterocycles. The van der Waals surface area contributed by atoms with Crippen LogP contribution in [0, 0.1) is 4.91 Å². The van der Waals surface area contributed by atoms with Crippen molar-refractivity contribution in [2.24, 2.45) is 5.18 Å². The second kappa shape index (κ2) is 3.06. The lowest BCUT2D eigenvalue weighted by Gasteiger charge is -1.87. The Hall–Kier alpha value is -2.90. The molecule has 0 atom stereocenters. The highest BCUT2D eigenvalue weighted by Gasteiger charge is 2.20. The van der Waals surface area contributed by atoms with E-state index in [1.807, 2.05) is 24.3 Å². The molecule has 8 heteroatoms. The highest BCUT2D eigenvalue weighted by atomic mass is 16.3. The largest absolute Gasteiger partial charge is 0.457 e. The van der Waals surface area contributed by atoms with Crippen molar-refractivity contribution in [2.45, 2.75) is 0 Å². The number of nitroso groups, excluding NO2 is 1. The van der Waals surface area contributed by atoms with Crippen molar-refractivity contribution in [3.05, 3.63) is 29.2 Å². The van der Waals surface area contributed by atoms with E-state index < -0.39 is 0 Å². The summed E-state index contributed by atoms with van der Waals surface area (Å²) in [5.41, 5.74) is 1.39. The summed E-state index contributed by atoms with van der Waals surface area (Å²) in [6, 6.07) is 7.44. The summed E-state index contributed by atoms with van der Waals surface area (Å²) >= 11 is 0. The van der Waals surface area contributed by atoms with Crippen LogP contribution in [0.25, 0.3) is 27.6 Å². The lowest BCUT2D eigenvalue weighted by molar-refractivity contribution is -0.644. The summed E-state index contributed by atoms with van der Waals surface area (Å²) < 4.78 is 1.41. The number of nitrogens with one attached hydrogen (secondary N) is 2. The summed E-state index contributed by atoms with van der Waals surface area (Å²) in [5, 5.41) is 18.1. The monoisotopic (exact) mass is 240 g/mol. The summed E-state index contributed by atoms with van der Waals surface area (Å²) in [6.07, 6.45) is 0. The van der Waals surface area contributed by atoms with Crippen LogP contribution in [-0.2, 0) is 0 Å². The zero-order valence-corrected chi connectivity index (χ0v) is 8.95. The number of fused-ring (bicyclic) bond motifs is 4. The minimum Gasteiger partial charge on any atom is -0.145 e. The van der Waals surface area contributed by atoms with Crippen LogP contribution in [0.15, 0.2) is 29.4 Å². The molecular weight excluding hydrogens is 234 g/mol. The topological polar surface area (TPSA) is 104 Å². The molecule has 8 nitrogen and oxygen atoms in total. The second-order valence-electron chi connectivity index (χ2n) is 3.84. The average Bonchev–Trinajstić information content (AvgIpc) is 2.97. The number of benzene rings is 1. The maximum Gasteiger partial charge on any atom is 0.457 e. The molecule has 2 N–H and O–H groups in total. The van der Waals surface area contributed by atoms with E-state index in [9.17, 15) is 4.91 Å². The van der Waals surface area contributed by atoms with Crippen molar-refractivity contribution in [3.63, 3.8) is 0 Å². The van der Waals surface area contributed by atoms with E-state index in [1.54, 1.807) is 0 Å². The third-order valence-corrected chi connectivity index (χ3v) is 2.89. The molecule has 0 aliphatic carbocycles. The van der Waals surface area contributed by atoms with Crippen LogP contribution in [0.2, 0.25) is 0 Å². The van der Waals surface area contributed by atoms with Crippen LogP contribution in [0.5, 0.6) is 0 Å². The Morgan fingerprint density at radius 2 is 2.00 bits per heavy atom.